The predicted molar refractivity (Wildman–Crippen MR) is 98.1 cm³/mol. The molecule has 0 fully saturated rings. The topological polar surface area (TPSA) is 51.6 Å². The Kier molecular flexibility index (Phi) is 3.86. The van der Waals surface area contributed by atoms with Crippen LogP contribution in [-0.4, -0.2) is 19.9 Å². The molecule has 0 spiro atoms. The number of nitrogens with zero attached hydrogens (tertiary/aromatic N) is 4. The van der Waals surface area contributed by atoms with Crippen LogP contribution >= 0.6 is 11.8 Å². The molecule has 0 saturated heterocycles. The molecule has 4 rings (SSSR count). The van der Waals surface area contributed by atoms with Crippen molar-refractivity contribution >= 4 is 33.7 Å². The zero-order chi connectivity index (χ0) is 16.5. The van der Waals surface area contributed by atoms with E-state index in [-0.39, 0.29) is 0 Å². The van der Waals surface area contributed by atoms with Gasteiger partial charge >= 0.3 is 0 Å². The van der Waals surface area contributed by atoms with Crippen LogP contribution in [0.25, 0.3) is 21.9 Å². The number of aromatic nitrogens is 4. The summed E-state index contributed by atoms with van der Waals surface area (Å²) in [5, 5.41) is 2.08. The van der Waals surface area contributed by atoms with E-state index in [4.69, 9.17) is 4.98 Å². The molecule has 0 aliphatic carbocycles. The summed E-state index contributed by atoms with van der Waals surface area (Å²) in [5.41, 5.74) is 4.82. The highest BCUT2D eigenvalue weighted by atomic mass is 32.2. The Labute approximate surface area is 144 Å². The number of thioether (sulfide) groups is 1. The molecule has 0 bridgehead atoms. The Morgan fingerprint density at radius 2 is 1.42 bits per heavy atom. The molecule has 2 heterocycles. The minimum Gasteiger partial charge on any atom is -0.250 e. The van der Waals surface area contributed by atoms with E-state index in [1.807, 2.05) is 56.3 Å². The third-order valence-corrected chi connectivity index (χ3v) is 4.87. The maximum Gasteiger partial charge on any atom is 0.127 e. The molecule has 118 valence electrons. The fourth-order valence-corrected chi connectivity index (χ4v) is 3.74. The molecule has 0 radical (unpaired) electrons. The van der Waals surface area contributed by atoms with Crippen LogP contribution in [0.4, 0.5) is 0 Å². The average molecular weight is 332 g/mol. The van der Waals surface area contributed by atoms with Crippen molar-refractivity contribution in [2.24, 2.45) is 0 Å². The second-order valence-electron chi connectivity index (χ2n) is 5.63. The molecule has 0 saturated carbocycles. The summed E-state index contributed by atoms with van der Waals surface area (Å²) >= 11 is 1.69. The van der Waals surface area contributed by atoms with Gasteiger partial charge in [0.05, 0.1) is 27.9 Å². The number of hydrogen-bond donors (Lipinski definition) is 0. The van der Waals surface area contributed by atoms with Gasteiger partial charge in [-0.25, -0.2) is 19.9 Å². The van der Waals surface area contributed by atoms with Gasteiger partial charge in [0.15, 0.2) is 0 Å². The van der Waals surface area contributed by atoms with Crippen LogP contribution in [0.1, 0.15) is 17.2 Å². The highest BCUT2D eigenvalue weighted by Crippen LogP contribution is 2.28. The first-order valence-electron chi connectivity index (χ1n) is 7.79. The summed E-state index contributed by atoms with van der Waals surface area (Å²) in [6.45, 7) is 3.94. The van der Waals surface area contributed by atoms with Crippen molar-refractivity contribution in [2.75, 3.05) is 0 Å². The molecule has 4 aromatic rings. The first kappa shape index (κ1) is 15.0. The number of rotatable bonds is 3. The molecule has 4 nitrogen and oxygen atoms in total. The van der Waals surface area contributed by atoms with E-state index in [0.717, 1.165) is 49.9 Å². The largest absolute Gasteiger partial charge is 0.250 e. The zero-order valence-corrected chi connectivity index (χ0v) is 14.3. The molecule has 0 aliphatic heterocycles. The molecule has 2 aromatic heterocycles. The summed E-state index contributed by atoms with van der Waals surface area (Å²) < 4.78 is 0. The van der Waals surface area contributed by atoms with Crippen LogP contribution in [0.5, 0.6) is 0 Å². The molecular formula is C19H16N4S. The predicted octanol–water partition coefficient (Wildman–Crippen LogP) is 4.48. The standard InChI is InChI=1S/C19H16N4S/c1-12-18(23-17-10-6-5-9-16(17)20-12)11-24-19-14-7-3-4-8-15(14)21-13(2)22-19/h3-10H,11H2,1-2H3. The molecule has 0 aliphatic rings. The molecule has 0 amide bonds. The Balaban J connectivity index is 1.69. The van der Waals surface area contributed by atoms with Crippen molar-refractivity contribution in [1.82, 2.24) is 19.9 Å². The van der Waals surface area contributed by atoms with Crippen LogP contribution in [-0.2, 0) is 5.75 Å². The minimum absolute atomic E-state index is 0.740. The van der Waals surface area contributed by atoms with Gasteiger partial charge in [-0.1, -0.05) is 42.1 Å². The molecule has 2 aromatic carbocycles. The van der Waals surface area contributed by atoms with E-state index < -0.39 is 0 Å². The van der Waals surface area contributed by atoms with Crippen LogP contribution in [0.3, 0.4) is 0 Å². The van der Waals surface area contributed by atoms with E-state index >= 15 is 0 Å². The van der Waals surface area contributed by atoms with Crippen LogP contribution in [0, 0.1) is 13.8 Å². The van der Waals surface area contributed by atoms with Gasteiger partial charge in [-0.15, -0.1) is 0 Å². The number of aryl methyl sites for hydroxylation is 2. The van der Waals surface area contributed by atoms with E-state index in [1.165, 1.54) is 0 Å². The van der Waals surface area contributed by atoms with E-state index in [0.29, 0.717) is 0 Å². The van der Waals surface area contributed by atoms with Gasteiger partial charge in [0, 0.05) is 11.1 Å². The maximum absolute atomic E-state index is 4.77. The Morgan fingerprint density at radius 1 is 0.750 bits per heavy atom. The Morgan fingerprint density at radius 3 is 2.21 bits per heavy atom. The average Bonchev–Trinajstić information content (AvgIpc) is 2.59. The van der Waals surface area contributed by atoms with Crippen molar-refractivity contribution in [3.05, 3.63) is 65.7 Å². The number of para-hydroxylation sites is 3. The van der Waals surface area contributed by atoms with E-state index in [1.54, 1.807) is 11.8 Å². The molecular weight excluding hydrogens is 316 g/mol. The summed E-state index contributed by atoms with van der Waals surface area (Å²) in [6.07, 6.45) is 0. The van der Waals surface area contributed by atoms with Gasteiger partial charge in [0.2, 0.25) is 0 Å². The highest BCUT2D eigenvalue weighted by Gasteiger charge is 2.10. The first-order valence-corrected chi connectivity index (χ1v) is 8.78. The lowest BCUT2D eigenvalue weighted by Gasteiger charge is -2.08. The first-order chi connectivity index (χ1) is 11.7. The van der Waals surface area contributed by atoms with Crippen molar-refractivity contribution < 1.29 is 0 Å². The van der Waals surface area contributed by atoms with Gasteiger partial charge in [-0.3, -0.25) is 0 Å². The molecule has 24 heavy (non-hydrogen) atoms. The fourth-order valence-electron chi connectivity index (χ4n) is 2.67. The maximum atomic E-state index is 4.77. The highest BCUT2D eigenvalue weighted by molar-refractivity contribution is 7.98. The monoisotopic (exact) mass is 332 g/mol. The lowest BCUT2D eigenvalue weighted by Crippen LogP contribution is -1.98. The van der Waals surface area contributed by atoms with Gasteiger partial charge in [-0.05, 0) is 32.0 Å². The Hall–Kier alpha value is -2.53. The van der Waals surface area contributed by atoms with Crippen LogP contribution in [0.2, 0.25) is 0 Å². The molecule has 0 unspecified atom stereocenters. The lowest BCUT2D eigenvalue weighted by molar-refractivity contribution is 1.01. The van der Waals surface area contributed by atoms with Crippen LogP contribution < -0.4 is 0 Å². The SMILES string of the molecule is Cc1nc(SCc2nc3ccccc3nc2C)c2ccccc2n1. The molecule has 0 atom stereocenters. The second kappa shape index (κ2) is 6.17. The number of fused-ring (bicyclic) bond motifs is 2. The number of hydrogen-bond acceptors (Lipinski definition) is 5. The summed E-state index contributed by atoms with van der Waals surface area (Å²) in [5.74, 6) is 1.53. The van der Waals surface area contributed by atoms with E-state index in [9.17, 15) is 0 Å². The third-order valence-electron chi connectivity index (χ3n) is 3.87. The van der Waals surface area contributed by atoms with Gasteiger partial charge in [0.25, 0.3) is 0 Å². The third kappa shape index (κ3) is 2.83. The van der Waals surface area contributed by atoms with Gasteiger partial charge < -0.3 is 0 Å². The molecule has 5 heteroatoms. The van der Waals surface area contributed by atoms with Crippen molar-refractivity contribution in [2.45, 2.75) is 24.6 Å². The zero-order valence-electron chi connectivity index (χ0n) is 13.5. The minimum atomic E-state index is 0.740. The van der Waals surface area contributed by atoms with Crippen molar-refractivity contribution in [3.63, 3.8) is 0 Å². The summed E-state index contributed by atoms with van der Waals surface area (Å²) in [4.78, 5) is 18.5. The fraction of sp³-hybridized carbons (Fsp3) is 0.158. The Bertz CT molecular complexity index is 1050. The quantitative estimate of drug-likeness (QED) is 0.409. The summed E-state index contributed by atoms with van der Waals surface area (Å²) in [6, 6.07) is 16.1. The lowest BCUT2D eigenvalue weighted by atomic mass is 10.2. The molecule has 0 N–H and O–H groups in total. The summed E-state index contributed by atoms with van der Waals surface area (Å²) in [7, 11) is 0. The van der Waals surface area contributed by atoms with Crippen LogP contribution in [0.15, 0.2) is 53.6 Å². The van der Waals surface area contributed by atoms with Crippen molar-refractivity contribution in [3.8, 4) is 0 Å². The van der Waals surface area contributed by atoms with Crippen molar-refractivity contribution in [1.29, 1.82) is 0 Å². The number of benzene rings is 2. The second-order valence-corrected chi connectivity index (χ2v) is 6.59. The van der Waals surface area contributed by atoms with Gasteiger partial charge in [-0.2, -0.15) is 0 Å². The van der Waals surface area contributed by atoms with Gasteiger partial charge in [0.1, 0.15) is 10.9 Å². The normalized spacial score (nSPS) is 11.2. The smallest absolute Gasteiger partial charge is 0.127 e. The van der Waals surface area contributed by atoms with E-state index in [2.05, 4.69) is 21.0 Å².